The second-order valence-corrected chi connectivity index (χ2v) is 13.0. The second-order valence-electron chi connectivity index (χ2n) is 13.0. The van der Waals surface area contributed by atoms with E-state index in [1.54, 1.807) is 0 Å². The first kappa shape index (κ1) is 33.0. The van der Waals surface area contributed by atoms with Crippen LogP contribution in [0.15, 0.2) is 0 Å². The van der Waals surface area contributed by atoms with Crippen molar-refractivity contribution in [3.05, 3.63) is 0 Å². The van der Waals surface area contributed by atoms with E-state index in [-0.39, 0.29) is 55.2 Å². The number of epoxide rings is 1. The molecule has 7 nitrogen and oxygen atoms in total. The highest BCUT2D eigenvalue weighted by atomic mass is 16.6. The van der Waals surface area contributed by atoms with Crippen molar-refractivity contribution in [3.8, 4) is 0 Å². The Kier molecular flexibility index (Phi) is 13.5. The summed E-state index contributed by atoms with van der Waals surface area (Å²) in [6.07, 6.45) is 8.16. The van der Waals surface area contributed by atoms with Gasteiger partial charge in [0.15, 0.2) is 0 Å². The minimum Gasteiger partial charge on any atom is -0.463 e. The van der Waals surface area contributed by atoms with E-state index in [0.717, 1.165) is 25.7 Å². The fourth-order valence-corrected chi connectivity index (χ4v) is 5.76. The molecular formula is C31H56O7. The van der Waals surface area contributed by atoms with Crippen LogP contribution < -0.4 is 0 Å². The Labute approximate surface area is 232 Å². The van der Waals surface area contributed by atoms with Gasteiger partial charge in [-0.15, -0.1) is 0 Å². The Morgan fingerprint density at radius 2 is 1.32 bits per heavy atom. The lowest BCUT2D eigenvalue weighted by Gasteiger charge is -2.34. The summed E-state index contributed by atoms with van der Waals surface area (Å²) in [5.74, 6) is -0.466. The van der Waals surface area contributed by atoms with Crippen LogP contribution in [-0.2, 0) is 33.3 Å². The van der Waals surface area contributed by atoms with Gasteiger partial charge in [-0.1, -0.05) is 26.2 Å². The Hall–Kier alpha value is -1.18. The number of hydrogen-bond acceptors (Lipinski definition) is 7. The van der Waals surface area contributed by atoms with E-state index in [2.05, 4.69) is 20.8 Å². The van der Waals surface area contributed by atoms with E-state index in [1.807, 2.05) is 41.5 Å². The Morgan fingerprint density at radius 1 is 0.789 bits per heavy atom. The molecule has 0 N–H and O–H groups in total. The molecule has 0 bridgehead atoms. The molecule has 1 saturated carbocycles. The number of carbonyl (C=O) groups is 2. The van der Waals surface area contributed by atoms with Crippen molar-refractivity contribution in [1.29, 1.82) is 0 Å². The first-order valence-electron chi connectivity index (χ1n) is 15.1. The van der Waals surface area contributed by atoms with E-state index < -0.39 is 11.8 Å². The minimum absolute atomic E-state index is 0.0613. The zero-order valence-corrected chi connectivity index (χ0v) is 25.6. The molecule has 1 aliphatic heterocycles. The molecule has 0 spiro atoms. The molecule has 1 aliphatic carbocycles. The predicted molar refractivity (Wildman–Crippen MR) is 149 cm³/mol. The lowest BCUT2D eigenvalue weighted by molar-refractivity contribution is -0.168. The molecule has 222 valence electrons. The topological polar surface area (TPSA) is 83.6 Å². The summed E-state index contributed by atoms with van der Waals surface area (Å²) in [6.45, 7) is 18.7. The maximum absolute atomic E-state index is 13.2. The van der Waals surface area contributed by atoms with E-state index >= 15 is 0 Å². The molecular weight excluding hydrogens is 484 g/mol. The molecule has 7 atom stereocenters. The van der Waals surface area contributed by atoms with E-state index in [0.29, 0.717) is 30.8 Å². The van der Waals surface area contributed by atoms with Crippen LogP contribution in [0.25, 0.3) is 0 Å². The molecule has 0 aromatic heterocycles. The summed E-state index contributed by atoms with van der Waals surface area (Å²) in [5.41, 5.74) is 0.0708. The Bertz CT molecular complexity index is 719. The van der Waals surface area contributed by atoms with Gasteiger partial charge in [0.25, 0.3) is 0 Å². The molecule has 38 heavy (non-hydrogen) atoms. The summed E-state index contributed by atoms with van der Waals surface area (Å²) in [7, 11) is 0. The predicted octanol–water partition coefficient (Wildman–Crippen LogP) is 6.50. The first-order valence-corrected chi connectivity index (χ1v) is 15.1. The minimum atomic E-state index is -0.472. The van der Waals surface area contributed by atoms with Crippen LogP contribution >= 0.6 is 0 Å². The summed E-state index contributed by atoms with van der Waals surface area (Å²) in [5, 5.41) is 0. The number of ether oxygens (including phenoxy) is 5. The maximum atomic E-state index is 13.2. The second kappa shape index (κ2) is 15.6. The molecule has 0 radical (unpaired) electrons. The average molecular weight is 541 g/mol. The van der Waals surface area contributed by atoms with E-state index in [9.17, 15) is 9.59 Å². The van der Waals surface area contributed by atoms with Crippen molar-refractivity contribution in [2.75, 3.05) is 13.2 Å². The molecule has 0 amide bonds. The van der Waals surface area contributed by atoms with Crippen LogP contribution in [0.5, 0.6) is 0 Å². The van der Waals surface area contributed by atoms with E-state index in [1.165, 1.54) is 12.8 Å². The van der Waals surface area contributed by atoms with Crippen molar-refractivity contribution >= 4 is 11.9 Å². The molecule has 2 fully saturated rings. The van der Waals surface area contributed by atoms with Gasteiger partial charge in [-0.2, -0.15) is 0 Å². The lowest BCUT2D eigenvalue weighted by atomic mass is 9.72. The van der Waals surface area contributed by atoms with Gasteiger partial charge in [0, 0.05) is 0 Å². The highest BCUT2D eigenvalue weighted by Gasteiger charge is 2.47. The highest BCUT2D eigenvalue weighted by molar-refractivity contribution is 5.82. The van der Waals surface area contributed by atoms with Gasteiger partial charge < -0.3 is 23.7 Å². The van der Waals surface area contributed by atoms with Crippen LogP contribution in [0, 0.1) is 23.7 Å². The van der Waals surface area contributed by atoms with Crippen molar-refractivity contribution < 1.29 is 33.3 Å². The SMILES string of the molecule is CC(CCCC1CCC(C(=O)OCC(C)OC(C)C)C(C(=O)OCC(C)OC(C)C)C1)CCC1OC1(C)C. The molecule has 1 saturated heterocycles. The van der Waals surface area contributed by atoms with Crippen molar-refractivity contribution in [2.24, 2.45) is 23.7 Å². The molecule has 0 aromatic rings. The van der Waals surface area contributed by atoms with Gasteiger partial charge in [0.05, 0.1) is 48.0 Å². The molecule has 1 heterocycles. The fourth-order valence-electron chi connectivity index (χ4n) is 5.76. The average Bonchev–Trinajstić information content (AvgIpc) is 3.44. The monoisotopic (exact) mass is 540 g/mol. The van der Waals surface area contributed by atoms with E-state index in [4.69, 9.17) is 23.7 Å². The highest BCUT2D eigenvalue weighted by Crippen LogP contribution is 2.40. The quantitative estimate of drug-likeness (QED) is 0.154. The zero-order chi connectivity index (χ0) is 28.5. The standard InChI is InChI=1S/C31H56O7/c1-20(2)36-23(6)18-34-29(32)26-15-14-25(12-10-11-22(5)13-16-28-31(8,9)38-28)17-27(26)30(33)35-19-24(7)37-21(3)4/h20-28H,10-19H2,1-9H3. The van der Waals surface area contributed by atoms with Crippen molar-refractivity contribution in [1.82, 2.24) is 0 Å². The van der Waals surface area contributed by atoms with Crippen molar-refractivity contribution in [2.45, 2.75) is 150 Å². The Balaban J connectivity index is 1.87. The summed E-state index contributed by atoms with van der Waals surface area (Å²) in [4.78, 5) is 26.3. The molecule has 2 rings (SSSR count). The number of esters is 2. The van der Waals surface area contributed by atoms with Gasteiger partial charge in [0.2, 0.25) is 0 Å². The van der Waals surface area contributed by atoms with Crippen LogP contribution in [0.3, 0.4) is 0 Å². The number of hydrogen-bond donors (Lipinski definition) is 0. The number of carbonyl (C=O) groups excluding carboxylic acids is 2. The third-order valence-electron chi connectivity index (χ3n) is 7.89. The van der Waals surface area contributed by atoms with Gasteiger partial charge in [0.1, 0.15) is 13.2 Å². The van der Waals surface area contributed by atoms with Gasteiger partial charge in [-0.05, 0) is 99.3 Å². The molecule has 2 aliphatic rings. The summed E-state index contributed by atoms with van der Waals surface area (Å²) >= 11 is 0. The third kappa shape index (κ3) is 11.9. The van der Waals surface area contributed by atoms with Crippen LogP contribution in [0.4, 0.5) is 0 Å². The van der Waals surface area contributed by atoms with Gasteiger partial charge in [-0.3, -0.25) is 9.59 Å². The fraction of sp³-hybridized carbons (Fsp3) is 0.935. The molecule has 7 unspecified atom stereocenters. The van der Waals surface area contributed by atoms with Crippen LogP contribution in [0.1, 0.15) is 114 Å². The van der Waals surface area contributed by atoms with Gasteiger partial charge in [-0.25, -0.2) is 0 Å². The smallest absolute Gasteiger partial charge is 0.309 e. The lowest BCUT2D eigenvalue weighted by Crippen LogP contribution is -2.39. The summed E-state index contributed by atoms with van der Waals surface area (Å²) in [6, 6.07) is 0. The van der Waals surface area contributed by atoms with Crippen LogP contribution in [0.2, 0.25) is 0 Å². The first-order chi connectivity index (χ1) is 17.8. The normalized spacial score (nSPS) is 27.1. The van der Waals surface area contributed by atoms with Gasteiger partial charge >= 0.3 is 11.9 Å². The maximum Gasteiger partial charge on any atom is 0.309 e. The Morgan fingerprint density at radius 3 is 1.82 bits per heavy atom. The summed E-state index contributed by atoms with van der Waals surface area (Å²) < 4.78 is 28.4. The third-order valence-corrected chi connectivity index (χ3v) is 7.89. The zero-order valence-electron chi connectivity index (χ0n) is 25.6. The number of rotatable bonds is 17. The van der Waals surface area contributed by atoms with Crippen LogP contribution in [-0.4, -0.2) is 61.3 Å². The molecule has 0 aromatic carbocycles. The molecule has 7 heteroatoms. The largest absolute Gasteiger partial charge is 0.463 e. The van der Waals surface area contributed by atoms with Crippen molar-refractivity contribution in [3.63, 3.8) is 0 Å².